The average Bonchev–Trinajstić information content (AvgIpc) is 3.21. The van der Waals surface area contributed by atoms with E-state index in [-0.39, 0.29) is 5.91 Å². The second-order valence-electron chi connectivity index (χ2n) is 5.25. The van der Waals surface area contributed by atoms with Crippen molar-refractivity contribution in [3.63, 3.8) is 0 Å². The van der Waals surface area contributed by atoms with E-state index in [4.69, 9.17) is 4.42 Å². The number of rotatable bonds is 4. The fraction of sp³-hybridized carbons (Fsp3) is 0.118. The van der Waals surface area contributed by atoms with Gasteiger partial charge in [0.25, 0.3) is 5.91 Å². The normalized spacial score (nSPS) is 11.3. The topological polar surface area (TPSA) is 73.8 Å². The second-order valence-corrected chi connectivity index (χ2v) is 5.25. The van der Waals surface area contributed by atoms with Crippen molar-refractivity contribution in [1.82, 2.24) is 15.3 Å². The number of carbonyl (C=O) groups is 1. The van der Waals surface area contributed by atoms with Crippen LogP contribution in [-0.4, -0.2) is 22.4 Å². The fourth-order valence-corrected chi connectivity index (χ4v) is 2.71. The van der Waals surface area contributed by atoms with Crippen LogP contribution in [0, 0.1) is 0 Å². The van der Waals surface area contributed by atoms with E-state index < -0.39 is 0 Å². The summed E-state index contributed by atoms with van der Waals surface area (Å²) < 4.78 is 5.24. The molecule has 3 aromatic heterocycles. The van der Waals surface area contributed by atoms with Gasteiger partial charge in [-0.25, -0.2) is 0 Å². The van der Waals surface area contributed by atoms with Gasteiger partial charge < -0.3 is 19.7 Å². The van der Waals surface area contributed by atoms with E-state index in [0.29, 0.717) is 17.8 Å². The molecule has 1 amide bonds. The van der Waals surface area contributed by atoms with Crippen LogP contribution in [0.2, 0.25) is 0 Å². The van der Waals surface area contributed by atoms with Gasteiger partial charge in [-0.15, -0.1) is 0 Å². The molecule has 3 heterocycles. The molecule has 0 aliphatic carbocycles. The van der Waals surface area contributed by atoms with Crippen LogP contribution < -0.4 is 5.32 Å². The first-order chi connectivity index (χ1) is 10.8. The first-order valence-electron chi connectivity index (χ1n) is 7.21. The number of benzene rings is 1. The number of para-hydroxylation sites is 1. The zero-order valence-corrected chi connectivity index (χ0v) is 11.8. The van der Waals surface area contributed by atoms with Gasteiger partial charge in [-0.05, 0) is 18.1 Å². The third kappa shape index (κ3) is 2.16. The highest BCUT2D eigenvalue weighted by molar-refractivity contribution is 5.96. The van der Waals surface area contributed by atoms with Crippen molar-refractivity contribution in [1.29, 1.82) is 0 Å². The van der Waals surface area contributed by atoms with Crippen molar-refractivity contribution >= 4 is 27.9 Å². The first kappa shape index (κ1) is 12.8. The van der Waals surface area contributed by atoms with E-state index in [1.165, 1.54) is 10.9 Å². The third-order valence-electron chi connectivity index (χ3n) is 3.84. The molecule has 5 heteroatoms. The highest BCUT2D eigenvalue weighted by Gasteiger charge is 2.11. The van der Waals surface area contributed by atoms with Gasteiger partial charge in [-0.2, -0.15) is 0 Å². The molecular weight excluding hydrogens is 278 g/mol. The summed E-state index contributed by atoms with van der Waals surface area (Å²) in [5, 5.41) is 4.13. The number of aromatic nitrogens is 2. The van der Waals surface area contributed by atoms with Gasteiger partial charge >= 0.3 is 0 Å². The summed E-state index contributed by atoms with van der Waals surface area (Å²) >= 11 is 0. The van der Waals surface area contributed by atoms with Crippen LogP contribution in [0.1, 0.15) is 16.1 Å². The molecule has 0 spiro atoms. The number of aromatic amines is 2. The molecule has 5 nitrogen and oxygen atoms in total. The largest absolute Gasteiger partial charge is 0.463 e. The Labute approximate surface area is 126 Å². The van der Waals surface area contributed by atoms with Gasteiger partial charge in [0.05, 0.1) is 11.8 Å². The Morgan fingerprint density at radius 2 is 2.09 bits per heavy atom. The van der Waals surface area contributed by atoms with Crippen LogP contribution in [0.3, 0.4) is 0 Å². The van der Waals surface area contributed by atoms with E-state index in [1.54, 1.807) is 18.4 Å². The summed E-state index contributed by atoms with van der Waals surface area (Å²) in [5.41, 5.74) is 4.38. The lowest BCUT2D eigenvalue weighted by Crippen LogP contribution is -2.25. The number of furan rings is 1. The maximum Gasteiger partial charge on any atom is 0.267 e. The summed E-state index contributed by atoms with van der Waals surface area (Å²) in [7, 11) is 0. The molecule has 0 aliphatic rings. The number of amides is 1. The minimum Gasteiger partial charge on any atom is -0.463 e. The number of carbonyl (C=O) groups excluding carboxylic acids is 1. The van der Waals surface area contributed by atoms with Crippen LogP contribution in [0.5, 0.6) is 0 Å². The van der Waals surface area contributed by atoms with Crippen LogP contribution in [0.15, 0.2) is 53.3 Å². The van der Waals surface area contributed by atoms with Gasteiger partial charge in [0.15, 0.2) is 5.58 Å². The van der Waals surface area contributed by atoms with E-state index in [2.05, 4.69) is 21.4 Å². The van der Waals surface area contributed by atoms with Crippen LogP contribution in [0.4, 0.5) is 0 Å². The van der Waals surface area contributed by atoms with Crippen molar-refractivity contribution < 1.29 is 9.21 Å². The van der Waals surface area contributed by atoms with Gasteiger partial charge in [0.2, 0.25) is 0 Å². The maximum absolute atomic E-state index is 12.1. The summed E-state index contributed by atoms with van der Waals surface area (Å²) in [6.45, 7) is 0.584. The molecule has 22 heavy (non-hydrogen) atoms. The molecule has 3 N–H and O–H groups in total. The molecule has 0 atom stereocenters. The van der Waals surface area contributed by atoms with E-state index in [1.807, 2.05) is 24.4 Å². The molecule has 0 saturated heterocycles. The Bertz CT molecular complexity index is 916. The Morgan fingerprint density at radius 3 is 3.00 bits per heavy atom. The molecule has 4 rings (SSSR count). The second kappa shape index (κ2) is 5.11. The van der Waals surface area contributed by atoms with Gasteiger partial charge in [0.1, 0.15) is 5.69 Å². The predicted molar refractivity (Wildman–Crippen MR) is 84.9 cm³/mol. The van der Waals surface area contributed by atoms with E-state index in [0.717, 1.165) is 17.5 Å². The molecule has 0 bridgehead atoms. The average molecular weight is 293 g/mol. The van der Waals surface area contributed by atoms with Crippen molar-refractivity contribution in [2.24, 2.45) is 0 Å². The molecule has 110 valence electrons. The Morgan fingerprint density at radius 1 is 1.18 bits per heavy atom. The minimum atomic E-state index is -0.119. The number of H-pyrrole nitrogens is 2. The highest BCUT2D eigenvalue weighted by atomic mass is 16.3. The van der Waals surface area contributed by atoms with Crippen molar-refractivity contribution in [3.8, 4) is 0 Å². The molecular formula is C17H15N3O2. The van der Waals surface area contributed by atoms with Gasteiger partial charge in [-0.3, -0.25) is 4.79 Å². The fourth-order valence-electron chi connectivity index (χ4n) is 2.71. The highest BCUT2D eigenvalue weighted by Crippen LogP contribution is 2.18. The first-order valence-corrected chi connectivity index (χ1v) is 7.21. The van der Waals surface area contributed by atoms with Crippen LogP contribution in [0.25, 0.3) is 22.0 Å². The molecule has 0 radical (unpaired) electrons. The van der Waals surface area contributed by atoms with Crippen molar-refractivity contribution in [2.45, 2.75) is 6.42 Å². The Balaban J connectivity index is 1.42. The van der Waals surface area contributed by atoms with E-state index >= 15 is 0 Å². The van der Waals surface area contributed by atoms with Crippen molar-refractivity contribution in [2.75, 3.05) is 6.54 Å². The minimum absolute atomic E-state index is 0.119. The predicted octanol–water partition coefficient (Wildman–Crippen LogP) is 3.21. The quantitative estimate of drug-likeness (QED) is 0.540. The lowest BCUT2D eigenvalue weighted by Gasteiger charge is -2.03. The van der Waals surface area contributed by atoms with Gasteiger partial charge in [-0.1, -0.05) is 18.2 Å². The maximum atomic E-state index is 12.1. The molecule has 1 aromatic carbocycles. The monoisotopic (exact) mass is 293 g/mol. The smallest absolute Gasteiger partial charge is 0.267 e. The summed E-state index contributed by atoms with van der Waals surface area (Å²) in [5.74, 6) is -0.119. The zero-order valence-electron chi connectivity index (χ0n) is 11.8. The van der Waals surface area contributed by atoms with Crippen LogP contribution >= 0.6 is 0 Å². The molecule has 0 aliphatic heterocycles. The molecule has 0 saturated carbocycles. The standard InChI is InChI=1S/C17H15N3O2/c21-17(15-9-16-14(20-15)6-8-22-16)18-7-5-11-10-19-13-4-2-1-3-12(11)13/h1-4,6,8-10,19-20H,5,7H2,(H,18,21). The number of hydrogen-bond donors (Lipinski definition) is 3. The number of fused-ring (bicyclic) bond motifs is 2. The SMILES string of the molecule is O=C(NCCc1c[nH]c2ccccc12)c1cc2occc2[nH]1. The van der Waals surface area contributed by atoms with Crippen LogP contribution in [-0.2, 0) is 6.42 Å². The summed E-state index contributed by atoms with van der Waals surface area (Å²) in [4.78, 5) is 18.4. The lowest BCUT2D eigenvalue weighted by atomic mass is 10.1. The summed E-state index contributed by atoms with van der Waals surface area (Å²) in [6.07, 6.45) is 4.38. The van der Waals surface area contributed by atoms with E-state index in [9.17, 15) is 4.79 Å². The molecule has 4 aromatic rings. The number of nitrogens with one attached hydrogen (secondary N) is 3. The summed E-state index contributed by atoms with van der Waals surface area (Å²) in [6, 6.07) is 11.7. The Hall–Kier alpha value is -2.95. The van der Waals surface area contributed by atoms with Gasteiger partial charge in [0, 0.05) is 35.8 Å². The molecule has 0 unspecified atom stereocenters. The zero-order chi connectivity index (χ0) is 14.9. The Kier molecular flexibility index (Phi) is 2.96. The van der Waals surface area contributed by atoms with Crippen molar-refractivity contribution in [3.05, 3.63) is 60.1 Å². The third-order valence-corrected chi connectivity index (χ3v) is 3.84. The molecule has 0 fully saturated rings. The lowest BCUT2D eigenvalue weighted by molar-refractivity contribution is 0.0950. The number of hydrogen-bond acceptors (Lipinski definition) is 2.